The third-order valence-corrected chi connectivity index (χ3v) is 1.44. The summed E-state index contributed by atoms with van der Waals surface area (Å²) in [6.45, 7) is 9.00. The van der Waals surface area contributed by atoms with Crippen LogP contribution in [0.1, 0.15) is 20.8 Å². The van der Waals surface area contributed by atoms with Crippen LogP contribution in [0.4, 0.5) is 0 Å². The summed E-state index contributed by atoms with van der Waals surface area (Å²) < 4.78 is 0. The van der Waals surface area contributed by atoms with Gasteiger partial charge >= 0.3 is 0 Å². The summed E-state index contributed by atoms with van der Waals surface area (Å²) in [4.78, 5) is 15.2. The van der Waals surface area contributed by atoms with Crippen LogP contribution in [0.15, 0.2) is 29.4 Å². The maximum Gasteiger partial charge on any atom is 0.166 e. The highest BCUT2D eigenvalue weighted by molar-refractivity contribution is 6.13. The quantitative estimate of drug-likeness (QED) is 0.464. The number of Topliss-reactive ketones (excluding diaryl/α,β-unsaturated/α-hetero) is 1. The average molecular weight is 165 g/mol. The van der Waals surface area contributed by atoms with Gasteiger partial charge in [-0.15, -0.1) is 0 Å². The van der Waals surface area contributed by atoms with Gasteiger partial charge in [0.2, 0.25) is 0 Å². The minimum Gasteiger partial charge on any atom is -0.294 e. The Morgan fingerprint density at radius 3 is 2.42 bits per heavy atom. The Bertz CT molecular complexity index is 224. The van der Waals surface area contributed by atoms with Crippen molar-refractivity contribution in [2.45, 2.75) is 20.8 Å². The highest BCUT2D eigenvalue weighted by atomic mass is 16.1. The van der Waals surface area contributed by atoms with Crippen molar-refractivity contribution in [3.05, 3.63) is 24.4 Å². The van der Waals surface area contributed by atoms with Crippen LogP contribution in [0.5, 0.6) is 0 Å². The number of carbonyl (C=O) groups is 1. The molecule has 0 atom stereocenters. The molecule has 0 spiro atoms. The summed E-state index contributed by atoms with van der Waals surface area (Å²) >= 11 is 0. The fourth-order valence-corrected chi connectivity index (χ4v) is 0.747. The van der Waals surface area contributed by atoms with E-state index in [-0.39, 0.29) is 11.7 Å². The van der Waals surface area contributed by atoms with Gasteiger partial charge in [0.05, 0.1) is 0 Å². The van der Waals surface area contributed by atoms with E-state index in [1.807, 2.05) is 20.8 Å². The number of allylic oxidation sites excluding steroid dienone is 2. The number of carbonyl (C=O) groups excluding carboxylic acids is 1. The molecule has 0 saturated heterocycles. The molecule has 0 saturated carbocycles. The zero-order valence-electron chi connectivity index (χ0n) is 7.87. The monoisotopic (exact) mass is 165 g/mol. The van der Waals surface area contributed by atoms with Gasteiger partial charge in [-0.2, -0.15) is 0 Å². The second-order valence-corrected chi connectivity index (χ2v) is 2.72. The van der Waals surface area contributed by atoms with E-state index >= 15 is 0 Å². The van der Waals surface area contributed by atoms with E-state index in [0.29, 0.717) is 5.57 Å². The highest BCUT2D eigenvalue weighted by Crippen LogP contribution is 2.03. The van der Waals surface area contributed by atoms with Crippen molar-refractivity contribution < 1.29 is 4.79 Å². The summed E-state index contributed by atoms with van der Waals surface area (Å²) in [5, 5.41) is 0. The lowest BCUT2D eigenvalue weighted by atomic mass is 10.0. The second-order valence-electron chi connectivity index (χ2n) is 2.72. The molecule has 0 unspecified atom stereocenters. The van der Waals surface area contributed by atoms with Crippen molar-refractivity contribution in [1.29, 1.82) is 0 Å². The third kappa shape index (κ3) is 3.28. The van der Waals surface area contributed by atoms with Crippen molar-refractivity contribution in [1.82, 2.24) is 0 Å². The zero-order valence-corrected chi connectivity index (χ0v) is 7.87. The Morgan fingerprint density at radius 2 is 2.08 bits per heavy atom. The SMILES string of the molecule is C=C/N=C\C(=C\C)C(=O)C(C)C. The molecule has 0 heterocycles. The Labute approximate surface area is 73.7 Å². The van der Waals surface area contributed by atoms with Gasteiger partial charge in [0.25, 0.3) is 0 Å². The molecule has 2 nitrogen and oxygen atoms in total. The minimum absolute atomic E-state index is 0.0208. The van der Waals surface area contributed by atoms with Gasteiger partial charge in [-0.05, 0) is 6.92 Å². The Morgan fingerprint density at radius 1 is 1.50 bits per heavy atom. The van der Waals surface area contributed by atoms with Gasteiger partial charge in [-0.1, -0.05) is 26.5 Å². The zero-order chi connectivity index (χ0) is 9.56. The molecule has 12 heavy (non-hydrogen) atoms. The van der Waals surface area contributed by atoms with Crippen LogP contribution >= 0.6 is 0 Å². The molecule has 0 rings (SSSR count). The normalized spacial score (nSPS) is 12.5. The predicted molar refractivity (Wildman–Crippen MR) is 52.3 cm³/mol. The van der Waals surface area contributed by atoms with Crippen LogP contribution in [-0.4, -0.2) is 12.0 Å². The molecule has 0 amide bonds. The molecule has 0 aromatic carbocycles. The minimum atomic E-state index is 0.0208. The second kappa shape index (κ2) is 5.47. The first-order valence-corrected chi connectivity index (χ1v) is 3.98. The number of hydrogen-bond acceptors (Lipinski definition) is 2. The fourth-order valence-electron chi connectivity index (χ4n) is 0.747. The molecule has 0 N–H and O–H groups in total. The van der Waals surface area contributed by atoms with Gasteiger partial charge < -0.3 is 0 Å². The maximum absolute atomic E-state index is 11.4. The van der Waals surface area contributed by atoms with Crippen LogP contribution in [0.25, 0.3) is 0 Å². The summed E-state index contributed by atoms with van der Waals surface area (Å²) in [6.07, 6.45) is 4.71. The first-order valence-electron chi connectivity index (χ1n) is 3.98. The highest BCUT2D eigenvalue weighted by Gasteiger charge is 2.09. The molecule has 0 aromatic rings. The van der Waals surface area contributed by atoms with Crippen molar-refractivity contribution in [3.8, 4) is 0 Å². The molecule has 0 fully saturated rings. The predicted octanol–water partition coefficient (Wildman–Crippen LogP) is 2.37. The van der Waals surface area contributed by atoms with E-state index in [0.717, 1.165) is 0 Å². The van der Waals surface area contributed by atoms with Crippen LogP contribution in [0, 0.1) is 5.92 Å². The molecule has 66 valence electrons. The summed E-state index contributed by atoms with van der Waals surface area (Å²) in [5.74, 6) is 0.135. The van der Waals surface area contributed by atoms with E-state index in [4.69, 9.17) is 0 Å². The fraction of sp³-hybridized carbons (Fsp3) is 0.400. The van der Waals surface area contributed by atoms with Gasteiger partial charge in [0.15, 0.2) is 5.78 Å². The molecule has 0 aliphatic carbocycles. The Kier molecular flexibility index (Phi) is 4.93. The van der Waals surface area contributed by atoms with E-state index in [9.17, 15) is 4.79 Å². The lowest BCUT2D eigenvalue weighted by Crippen LogP contribution is -2.10. The lowest BCUT2D eigenvalue weighted by Gasteiger charge is -2.02. The molecule has 0 aromatic heterocycles. The van der Waals surface area contributed by atoms with E-state index in [1.165, 1.54) is 12.4 Å². The van der Waals surface area contributed by atoms with Crippen molar-refractivity contribution in [2.24, 2.45) is 10.9 Å². The standard InChI is InChI=1S/C10H15NO/c1-5-9(7-11-6-2)10(12)8(3)4/h5-8H,2H2,1,3-4H3/b9-5-,11-7-. The van der Waals surface area contributed by atoms with E-state index in [2.05, 4.69) is 11.6 Å². The van der Waals surface area contributed by atoms with Crippen LogP contribution in [0.3, 0.4) is 0 Å². The first kappa shape index (κ1) is 10.8. The van der Waals surface area contributed by atoms with E-state index in [1.54, 1.807) is 6.08 Å². The van der Waals surface area contributed by atoms with Crippen molar-refractivity contribution >= 4 is 12.0 Å². The maximum atomic E-state index is 11.4. The number of ketones is 1. The van der Waals surface area contributed by atoms with Crippen molar-refractivity contribution in [3.63, 3.8) is 0 Å². The lowest BCUT2D eigenvalue weighted by molar-refractivity contribution is -0.117. The van der Waals surface area contributed by atoms with Gasteiger partial charge in [-0.25, -0.2) is 0 Å². The molecular formula is C10H15NO. The number of aliphatic imine (C=N–C) groups is 1. The number of hydrogen-bond donors (Lipinski definition) is 0. The Hall–Kier alpha value is -1.18. The summed E-state index contributed by atoms with van der Waals surface area (Å²) in [7, 11) is 0. The van der Waals surface area contributed by atoms with Crippen LogP contribution < -0.4 is 0 Å². The number of rotatable bonds is 4. The molecule has 0 aliphatic rings. The van der Waals surface area contributed by atoms with Crippen LogP contribution in [-0.2, 0) is 4.79 Å². The van der Waals surface area contributed by atoms with Crippen LogP contribution in [0.2, 0.25) is 0 Å². The molecular weight excluding hydrogens is 150 g/mol. The van der Waals surface area contributed by atoms with E-state index < -0.39 is 0 Å². The van der Waals surface area contributed by atoms with Crippen molar-refractivity contribution in [2.75, 3.05) is 0 Å². The summed E-state index contributed by atoms with van der Waals surface area (Å²) in [6, 6.07) is 0. The van der Waals surface area contributed by atoms with Gasteiger partial charge in [0, 0.05) is 23.9 Å². The largest absolute Gasteiger partial charge is 0.294 e. The van der Waals surface area contributed by atoms with Gasteiger partial charge in [-0.3, -0.25) is 9.79 Å². The molecule has 0 aliphatic heterocycles. The summed E-state index contributed by atoms with van der Waals surface area (Å²) in [5.41, 5.74) is 0.643. The van der Waals surface area contributed by atoms with Gasteiger partial charge in [0.1, 0.15) is 0 Å². The average Bonchev–Trinajstić information content (AvgIpc) is 2.05. The smallest absolute Gasteiger partial charge is 0.166 e. The molecule has 0 radical (unpaired) electrons. The molecule has 0 bridgehead atoms. The Balaban J connectivity index is 4.48. The third-order valence-electron chi connectivity index (χ3n) is 1.44. The molecule has 2 heteroatoms. The topological polar surface area (TPSA) is 29.4 Å². The number of nitrogens with zero attached hydrogens (tertiary/aromatic N) is 1. The first-order chi connectivity index (χ1) is 5.63.